The molecule has 0 bridgehead atoms. The van der Waals surface area contributed by atoms with Gasteiger partial charge in [0.25, 0.3) is 0 Å². The Morgan fingerprint density at radius 3 is 2.40 bits per heavy atom. The standard InChI is InChI=1S/C14H18N2O3S/c1-17-9-4-5-10(12(8-9)19-3)13(16-15)14-11(18-2)6-7-20-14/h4-8,13,16H,15H2,1-3H3. The van der Waals surface area contributed by atoms with Gasteiger partial charge in [-0.1, -0.05) is 0 Å². The van der Waals surface area contributed by atoms with Crippen molar-refractivity contribution in [3.8, 4) is 17.2 Å². The lowest BCUT2D eigenvalue weighted by Crippen LogP contribution is -2.28. The van der Waals surface area contributed by atoms with Gasteiger partial charge in [-0.2, -0.15) is 0 Å². The number of benzene rings is 1. The molecule has 1 aromatic carbocycles. The van der Waals surface area contributed by atoms with Crippen LogP contribution in [0.25, 0.3) is 0 Å². The van der Waals surface area contributed by atoms with Crippen LogP contribution in [0.1, 0.15) is 16.5 Å². The third-order valence-corrected chi connectivity index (χ3v) is 4.02. The summed E-state index contributed by atoms with van der Waals surface area (Å²) in [5.41, 5.74) is 3.74. The first kappa shape index (κ1) is 14.6. The van der Waals surface area contributed by atoms with Crippen LogP contribution >= 0.6 is 11.3 Å². The van der Waals surface area contributed by atoms with Gasteiger partial charge in [0.2, 0.25) is 0 Å². The lowest BCUT2D eigenvalue weighted by molar-refractivity contribution is 0.385. The predicted molar refractivity (Wildman–Crippen MR) is 79.6 cm³/mol. The first-order valence-electron chi connectivity index (χ1n) is 6.04. The highest BCUT2D eigenvalue weighted by Crippen LogP contribution is 2.38. The van der Waals surface area contributed by atoms with E-state index in [0.29, 0.717) is 5.75 Å². The van der Waals surface area contributed by atoms with Crippen molar-refractivity contribution < 1.29 is 14.2 Å². The molecular formula is C14H18N2O3S. The number of methoxy groups -OCH3 is 3. The zero-order valence-corrected chi connectivity index (χ0v) is 12.5. The van der Waals surface area contributed by atoms with E-state index in [2.05, 4.69) is 5.43 Å². The Balaban J connectivity index is 2.46. The van der Waals surface area contributed by atoms with Gasteiger partial charge in [-0.3, -0.25) is 5.84 Å². The number of nitrogens with one attached hydrogen (secondary N) is 1. The molecule has 2 aromatic rings. The van der Waals surface area contributed by atoms with Crippen LogP contribution in [0.4, 0.5) is 0 Å². The molecule has 1 heterocycles. The summed E-state index contributed by atoms with van der Waals surface area (Å²) in [6.07, 6.45) is 0. The third kappa shape index (κ3) is 2.72. The van der Waals surface area contributed by atoms with Crippen molar-refractivity contribution in [2.24, 2.45) is 5.84 Å². The van der Waals surface area contributed by atoms with Crippen molar-refractivity contribution in [1.82, 2.24) is 5.43 Å². The lowest BCUT2D eigenvalue weighted by atomic mass is 10.0. The van der Waals surface area contributed by atoms with Gasteiger partial charge >= 0.3 is 0 Å². The molecule has 2 rings (SSSR count). The van der Waals surface area contributed by atoms with Gasteiger partial charge in [-0.15, -0.1) is 11.3 Å². The van der Waals surface area contributed by atoms with E-state index < -0.39 is 0 Å². The van der Waals surface area contributed by atoms with E-state index in [0.717, 1.165) is 21.9 Å². The van der Waals surface area contributed by atoms with Crippen molar-refractivity contribution in [2.75, 3.05) is 21.3 Å². The fraction of sp³-hybridized carbons (Fsp3) is 0.286. The summed E-state index contributed by atoms with van der Waals surface area (Å²) in [7, 11) is 4.89. The van der Waals surface area contributed by atoms with Gasteiger partial charge in [-0.25, -0.2) is 5.43 Å². The highest BCUT2D eigenvalue weighted by atomic mass is 32.1. The smallest absolute Gasteiger partial charge is 0.134 e. The molecule has 0 aliphatic heterocycles. The summed E-state index contributed by atoms with van der Waals surface area (Å²) in [6, 6.07) is 7.36. The first-order valence-corrected chi connectivity index (χ1v) is 6.92. The molecule has 108 valence electrons. The van der Waals surface area contributed by atoms with Gasteiger partial charge in [0.05, 0.1) is 32.2 Å². The summed E-state index contributed by atoms with van der Waals surface area (Å²) in [6.45, 7) is 0. The number of rotatable bonds is 6. The molecule has 5 nitrogen and oxygen atoms in total. The fourth-order valence-electron chi connectivity index (χ4n) is 2.05. The number of ether oxygens (including phenoxy) is 3. The van der Waals surface area contributed by atoms with Gasteiger partial charge < -0.3 is 14.2 Å². The van der Waals surface area contributed by atoms with Crippen LogP contribution in [-0.2, 0) is 0 Å². The topological polar surface area (TPSA) is 65.7 Å². The average Bonchev–Trinajstić information content (AvgIpc) is 2.96. The first-order chi connectivity index (χ1) is 9.74. The van der Waals surface area contributed by atoms with E-state index in [1.165, 1.54) is 0 Å². The van der Waals surface area contributed by atoms with Crippen LogP contribution in [0.3, 0.4) is 0 Å². The quantitative estimate of drug-likeness (QED) is 0.632. The molecule has 20 heavy (non-hydrogen) atoms. The second kappa shape index (κ2) is 6.60. The zero-order chi connectivity index (χ0) is 14.5. The summed E-state index contributed by atoms with van der Waals surface area (Å²) < 4.78 is 16.0. The lowest BCUT2D eigenvalue weighted by Gasteiger charge is -2.19. The zero-order valence-electron chi connectivity index (χ0n) is 11.7. The molecule has 0 amide bonds. The van der Waals surface area contributed by atoms with E-state index in [-0.39, 0.29) is 6.04 Å². The number of nitrogens with two attached hydrogens (primary N) is 1. The highest BCUT2D eigenvalue weighted by molar-refractivity contribution is 7.10. The van der Waals surface area contributed by atoms with Crippen molar-refractivity contribution in [2.45, 2.75) is 6.04 Å². The van der Waals surface area contributed by atoms with Crippen LogP contribution < -0.4 is 25.5 Å². The number of hydrazine groups is 1. The van der Waals surface area contributed by atoms with Gasteiger partial charge in [0.15, 0.2) is 0 Å². The summed E-state index contributed by atoms with van der Waals surface area (Å²) in [5.74, 6) is 7.98. The van der Waals surface area contributed by atoms with E-state index >= 15 is 0 Å². The monoisotopic (exact) mass is 294 g/mol. The Morgan fingerprint density at radius 2 is 1.80 bits per heavy atom. The molecule has 0 aliphatic rings. The second-order valence-corrected chi connectivity index (χ2v) is 5.01. The summed E-state index contributed by atoms with van der Waals surface area (Å²) >= 11 is 1.58. The van der Waals surface area contributed by atoms with E-state index in [9.17, 15) is 0 Å². The normalized spacial score (nSPS) is 12.0. The van der Waals surface area contributed by atoms with E-state index in [1.54, 1.807) is 32.7 Å². The van der Waals surface area contributed by atoms with Crippen molar-refractivity contribution in [1.29, 1.82) is 0 Å². The Morgan fingerprint density at radius 1 is 1.05 bits per heavy atom. The van der Waals surface area contributed by atoms with Crippen LogP contribution in [0.5, 0.6) is 17.2 Å². The van der Waals surface area contributed by atoms with Crippen molar-refractivity contribution >= 4 is 11.3 Å². The molecule has 0 saturated heterocycles. The molecule has 6 heteroatoms. The maximum absolute atomic E-state index is 5.73. The minimum absolute atomic E-state index is 0.203. The molecule has 0 saturated carbocycles. The molecule has 3 N–H and O–H groups in total. The Labute approximate surface area is 122 Å². The van der Waals surface area contributed by atoms with Crippen LogP contribution in [0, 0.1) is 0 Å². The number of thiophene rings is 1. The Kier molecular flexibility index (Phi) is 4.84. The van der Waals surface area contributed by atoms with Crippen LogP contribution in [-0.4, -0.2) is 21.3 Å². The van der Waals surface area contributed by atoms with Crippen LogP contribution in [0.2, 0.25) is 0 Å². The molecule has 0 aliphatic carbocycles. The van der Waals surface area contributed by atoms with Gasteiger partial charge in [0, 0.05) is 11.6 Å². The third-order valence-electron chi connectivity index (χ3n) is 3.06. The summed E-state index contributed by atoms with van der Waals surface area (Å²) in [5, 5.41) is 1.97. The fourth-order valence-corrected chi connectivity index (χ4v) is 2.99. The minimum atomic E-state index is -0.203. The van der Waals surface area contributed by atoms with Gasteiger partial charge in [0.1, 0.15) is 17.2 Å². The molecule has 0 radical (unpaired) electrons. The van der Waals surface area contributed by atoms with Crippen molar-refractivity contribution in [3.63, 3.8) is 0 Å². The van der Waals surface area contributed by atoms with Crippen molar-refractivity contribution in [3.05, 3.63) is 40.1 Å². The SMILES string of the molecule is COc1ccc(C(NN)c2sccc2OC)c(OC)c1. The molecule has 1 aromatic heterocycles. The largest absolute Gasteiger partial charge is 0.497 e. The maximum Gasteiger partial charge on any atom is 0.134 e. The highest BCUT2D eigenvalue weighted by Gasteiger charge is 2.22. The summed E-state index contributed by atoms with van der Waals surface area (Å²) in [4.78, 5) is 0.999. The van der Waals surface area contributed by atoms with Gasteiger partial charge in [-0.05, 0) is 23.6 Å². The van der Waals surface area contributed by atoms with Crippen LogP contribution in [0.15, 0.2) is 29.6 Å². The minimum Gasteiger partial charge on any atom is -0.497 e. The average molecular weight is 294 g/mol. The van der Waals surface area contributed by atoms with E-state index in [1.807, 2.05) is 29.6 Å². The second-order valence-electron chi connectivity index (χ2n) is 4.06. The number of hydrogen-bond acceptors (Lipinski definition) is 6. The molecular weight excluding hydrogens is 276 g/mol. The molecule has 0 fully saturated rings. The molecule has 1 unspecified atom stereocenters. The Hall–Kier alpha value is -1.76. The number of hydrogen-bond donors (Lipinski definition) is 2. The maximum atomic E-state index is 5.73. The molecule has 0 spiro atoms. The van der Waals surface area contributed by atoms with E-state index in [4.69, 9.17) is 20.1 Å². The molecule has 1 atom stereocenters. The predicted octanol–water partition coefficient (Wildman–Crippen LogP) is 2.33. The Bertz CT molecular complexity index is 571.